The summed E-state index contributed by atoms with van der Waals surface area (Å²) < 4.78 is 5.33. The van der Waals surface area contributed by atoms with Gasteiger partial charge in [-0.2, -0.15) is 0 Å². The van der Waals surface area contributed by atoms with Crippen LogP contribution in [0.4, 0.5) is 11.6 Å². The smallest absolute Gasteiger partial charge is 0.132 e. The van der Waals surface area contributed by atoms with E-state index >= 15 is 0 Å². The van der Waals surface area contributed by atoms with Crippen molar-refractivity contribution >= 4 is 11.6 Å². The molecule has 0 aromatic carbocycles. The topological polar surface area (TPSA) is 76.3 Å². The quantitative estimate of drug-likeness (QED) is 0.811. The number of nitrogens with one attached hydrogen (secondary N) is 1. The Labute approximate surface area is 108 Å². The van der Waals surface area contributed by atoms with Gasteiger partial charge < -0.3 is 15.8 Å². The van der Waals surface area contributed by atoms with Crippen molar-refractivity contribution in [2.24, 2.45) is 0 Å². The Kier molecular flexibility index (Phi) is 4.33. The van der Waals surface area contributed by atoms with Crippen molar-refractivity contribution in [3.05, 3.63) is 11.9 Å². The largest absolute Gasteiger partial charge is 0.384 e. The zero-order chi connectivity index (χ0) is 13.0. The lowest BCUT2D eigenvalue weighted by Gasteiger charge is -2.29. The van der Waals surface area contributed by atoms with E-state index in [-0.39, 0.29) is 0 Å². The number of nitrogens with zero attached hydrogens (tertiary/aromatic N) is 3. The molecule has 0 radical (unpaired) electrons. The molecular weight excluding hydrogens is 230 g/mol. The van der Waals surface area contributed by atoms with E-state index in [1.54, 1.807) is 6.07 Å². The molecule has 3 N–H and O–H groups in total. The molecule has 0 amide bonds. The molecule has 1 saturated heterocycles. The lowest BCUT2D eigenvalue weighted by molar-refractivity contribution is 0.0368. The van der Waals surface area contributed by atoms with Crippen LogP contribution in [0, 0.1) is 6.92 Å². The first-order valence-electron chi connectivity index (χ1n) is 6.31. The first-order valence-corrected chi connectivity index (χ1v) is 6.31. The Bertz CT molecular complexity index is 372. The van der Waals surface area contributed by atoms with Gasteiger partial charge in [-0.25, -0.2) is 9.97 Å². The molecule has 2 heterocycles. The van der Waals surface area contributed by atoms with Crippen LogP contribution >= 0.6 is 0 Å². The molecule has 1 aromatic heterocycles. The Morgan fingerprint density at radius 1 is 1.44 bits per heavy atom. The molecule has 0 spiro atoms. The lowest BCUT2D eigenvalue weighted by atomic mass is 10.3. The zero-order valence-corrected chi connectivity index (χ0v) is 11.0. The molecule has 1 aromatic rings. The van der Waals surface area contributed by atoms with Gasteiger partial charge in [0, 0.05) is 31.7 Å². The molecule has 2 rings (SSSR count). The van der Waals surface area contributed by atoms with Gasteiger partial charge in [0.15, 0.2) is 0 Å². The molecule has 6 heteroatoms. The van der Waals surface area contributed by atoms with E-state index in [2.05, 4.69) is 27.1 Å². The van der Waals surface area contributed by atoms with E-state index in [4.69, 9.17) is 10.5 Å². The summed E-state index contributed by atoms with van der Waals surface area (Å²) in [6.07, 6.45) is 0. The van der Waals surface area contributed by atoms with Crippen LogP contribution in [0.3, 0.4) is 0 Å². The van der Waals surface area contributed by atoms with E-state index in [1.807, 2.05) is 6.92 Å². The van der Waals surface area contributed by atoms with Crippen LogP contribution in [0.2, 0.25) is 0 Å². The highest BCUT2D eigenvalue weighted by Gasteiger charge is 2.14. The van der Waals surface area contributed by atoms with Crippen LogP contribution in [0.25, 0.3) is 0 Å². The van der Waals surface area contributed by atoms with Crippen LogP contribution in [0.5, 0.6) is 0 Å². The van der Waals surface area contributed by atoms with Gasteiger partial charge in [-0.05, 0) is 13.8 Å². The maximum Gasteiger partial charge on any atom is 0.132 e. The van der Waals surface area contributed by atoms with Crippen molar-refractivity contribution in [3.63, 3.8) is 0 Å². The van der Waals surface area contributed by atoms with Crippen molar-refractivity contribution in [1.29, 1.82) is 0 Å². The second kappa shape index (κ2) is 5.97. The number of morpholine rings is 1. The monoisotopic (exact) mass is 251 g/mol. The lowest BCUT2D eigenvalue weighted by Crippen LogP contribution is -2.42. The highest BCUT2D eigenvalue weighted by Crippen LogP contribution is 2.10. The average molecular weight is 251 g/mol. The molecule has 18 heavy (non-hydrogen) atoms. The maximum atomic E-state index is 5.70. The van der Waals surface area contributed by atoms with Crippen LogP contribution in [-0.4, -0.2) is 53.8 Å². The summed E-state index contributed by atoms with van der Waals surface area (Å²) >= 11 is 0. The van der Waals surface area contributed by atoms with Gasteiger partial charge in [0.05, 0.1) is 13.2 Å². The SMILES string of the molecule is Cc1nc(N)cc(NC(C)CN2CCOCC2)n1. The van der Waals surface area contributed by atoms with Crippen molar-refractivity contribution in [1.82, 2.24) is 14.9 Å². The van der Waals surface area contributed by atoms with Gasteiger partial charge in [-0.3, -0.25) is 4.90 Å². The van der Waals surface area contributed by atoms with Crippen LogP contribution in [0.1, 0.15) is 12.7 Å². The number of nitrogen functional groups attached to an aromatic ring is 1. The molecule has 0 bridgehead atoms. The molecule has 6 nitrogen and oxygen atoms in total. The maximum absolute atomic E-state index is 5.70. The number of rotatable bonds is 4. The number of ether oxygens (including phenoxy) is 1. The predicted molar refractivity (Wildman–Crippen MR) is 71.5 cm³/mol. The fraction of sp³-hybridized carbons (Fsp3) is 0.667. The third kappa shape index (κ3) is 3.82. The molecule has 0 saturated carbocycles. The fourth-order valence-electron chi connectivity index (χ4n) is 2.13. The minimum Gasteiger partial charge on any atom is -0.384 e. The van der Waals surface area contributed by atoms with Crippen molar-refractivity contribution in [3.8, 4) is 0 Å². The Morgan fingerprint density at radius 2 is 2.17 bits per heavy atom. The van der Waals surface area contributed by atoms with E-state index in [0.29, 0.717) is 17.7 Å². The summed E-state index contributed by atoms with van der Waals surface area (Å²) in [5, 5.41) is 3.36. The highest BCUT2D eigenvalue weighted by molar-refractivity contribution is 5.45. The Hall–Kier alpha value is -1.40. The second-order valence-corrected chi connectivity index (χ2v) is 4.68. The van der Waals surface area contributed by atoms with Crippen LogP contribution < -0.4 is 11.1 Å². The molecule has 1 atom stereocenters. The Balaban J connectivity index is 1.87. The van der Waals surface area contributed by atoms with Crippen LogP contribution in [0.15, 0.2) is 6.07 Å². The molecule has 1 aliphatic rings. The second-order valence-electron chi connectivity index (χ2n) is 4.68. The minimum atomic E-state index is 0.316. The van der Waals surface area contributed by atoms with Crippen molar-refractivity contribution in [2.75, 3.05) is 43.9 Å². The summed E-state index contributed by atoms with van der Waals surface area (Å²) in [6.45, 7) is 8.61. The third-order valence-electron chi connectivity index (χ3n) is 2.89. The summed E-state index contributed by atoms with van der Waals surface area (Å²) in [7, 11) is 0. The normalized spacial score (nSPS) is 18.6. The number of anilines is 2. The van der Waals surface area contributed by atoms with Crippen LogP contribution in [-0.2, 0) is 4.74 Å². The fourth-order valence-corrected chi connectivity index (χ4v) is 2.13. The van der Waals surface area contributed by atoms with E-state index in [9.17, 15) is 0 Å². The zero-order valence-electron chi connectivity index (χ0n) is 11.0. The first kappa shape index (κ1) is 13.0. The number of hydrogen-bond acceptors (Lipinski definition) is 6. The van der Waals surface area contributed by atoms with Crippen molar-refractivity contribution in [2.45, 2.75) is 19.9 Å². The number of nitrogens with two attached hydrogens (primary N) is 1. The van der Waals surface area contributed by atoms with Gasteiger partial charge in [-0.1, -0.05) is 0 Å². The van der Waals surface area contributed by atoms with Gasteiger partial charge in [0.25, 0.3) is 0 Å². The van der Waals surface area contributed by atoms with Crippen molar-refractivity contribution < 1.29 is 4.74 Å². The van der Waals surface area contributed by atoms with E-state index in [0.717, 1.165) is 38.7 Å². The number of aryl methyl sites for hydroxylation is 1. The highest BCUT2D eigenvalue weighted by atomic mass is 16.5. The van der Waals surface area contributed by atoms with E-state index < -0.39 is 0 Å². The molecule has 0 aliphatic carbocycles. The minimum absolute atomic E-state index is 0.316. The molecular formula is C12H21N5O. The van der Waals surface area contributed by atoms with Gasteiger partial charge in [0.1, 0.15) is 17.5 Å². The first-order chi connectivity index (χ1) is 8.63. The Morgan fingerprint density at radius 3 is 2.83 bits per heavy atom. The summed E-state index contributed by atoms with van der Waals surface area (Å²) in [5.74, 6) is 1.99. The summed E-state index contributed by atoms with van der Waals surface area (Å²) in [5.41, 5.74) is 5.70. The number of aromatic nitrogens is 2. The predicted octanol–water partition coefficient (Wildman–Crippen LogP) is 0.500. The van der Waals surface area contributed by atoms with Gasteiger partial charge in [0.2, 0.25) is 0 Å². The average Bonchev–Trinajstić information content (AvgIpc) is 2.28. The molecule has 100 valence electrons. The molecule has 1 unspecified atom stereocenters. The summed E-state index contributed by atoms with van der Waals surface area (Å²) in [6, 6.07) is 2.08. The summed E-state index contributed by atoms with van der Waals surface area (Å²) in [4.78, 5) is 10.8. The molecule has 1 aliphatic heterocycles. The number of hydrogen-bond donors (Lipinski definition) is 2. The molecule has 1 fully saturated rings. The third-order valence-corrected chi connectivity index (χ3v) is 2.89. The van der Waals surface area contributed by atoms with E-state index in [1.165, 1.54) is 0 Å². The van der Waals surface area contributed by atoms with Gasteiger partial charge in [-0.15, -0.1) is 0 Å². The van der Waals surface area contributed by atoms with Gasteiger partial charge >= 0.3 is 0 Å². The standard InChI is InChI=1S/C12H21N5O/c1-9(8-17-3-5-18-6-4-17)14-12-7-11(13)15-10(2)16-12/h7,9H,3-6,8H2,1-2H3,(H3,13,14,15,16).